The van der Waals surface area contributed by atoms with E-state index in [-0.39, 0.29) is 16.3 Å². The van der Waals surface area contributed by atoms with Crippen LogP contribution in [0.1, 0.15) is 11.1 Å². The number of nitrogens with zero attached hydrogens (tertiary/aromatic N) is 4. The van der Waals surface area contributed by atoms with Crippen molar-refractivity contribution in [2.45, 2.75) is 12.5 Å². The van der Waals surface area contributed by atoms with E-state index in [1.807, 2.05) is 17.0 Å². The van der Waals surface area contributed by atoms with Crippen molar-refractivity contribution in [1.29, 1.82) is 5.41 Å². The van der Waals surface area contributed by atoms with Crippen LogP contribution >= 0.6 is 27.5 Å². The highest BCUT2D eigenvalue weighted by Crippen LogP contribution is 2.25. The molecule has 1 aromatic heterocycles. The van der Waals surface area contributed by atoms with Gasteiger partial charge in [0.25, 0.3) is 0 Å². The Bertz CT molecular complexity index is 869. The summed E-state index contributed by atoms with van der Waals surface area (Å²) in [7, 11) is 0. The number of amides is 1. The minimum absolute atomic E-state index is 0.0785. The van der Waals surface area contributed by atoms with Crippen LogP contribution in [0.4, 0.5) is 11.6 Å². The van der Waals surface area contributed by atoms with Crippen molar-refractivity contribution in [3.8, 4) is 0 Å². The third kappa shape index (κ3) is 4.60. The molecule has 1 amide bonds. The topological polar surface area (TPSA) is 125 Å². The molecule has 8 nitrogen and oxygen atoms in total. The average Bonchev–Trinajstić information content (AvgIpc) is 2.68. The molecule has 2 heterocycles. The number of aromatic nitrogens is 2. The molecule has 0 radical (unpaired) electrons. The lowest BCUT2D eigenvalue weighted by Crippen LogP contribution is -2.54. The first-order chi connectivity index (χ1) is 13.4. The quantitative estimate of drug-likeness (QED) is 0.575. The van der Waals surface area contributed by atoms with Gasteiger partial charge < -0.3 is 21.3 Å². The normalized spacial score (nSPS) is 15.4. The SMILES string of the molecule is N=C(Br)c1c(N)ncnc1N1CCN(C(=O)[C@H](N)Cc2ccc(Cl)cc2)CC1. The van der Waals surface area contributed by atoms with Gasteiger partial charge in [-0.05, 0) is 40.0 Å². The van der Waals surface area contributed by atoms with Gasteiger partial charge in [0.05, 0.1) is 11.6 Å². The number of rotatable bonds is 5. The minimum Gasteiger partial charge on any atom is -0.383 e. The number of hydrogen-bond acceptors (Lipinski definition) is 7. The van der Waals surface area contributed by atoms with E-state index in [1.54, 1.807) is 17.0 Å². The standard InChI is InChI=1S/C18H21BrClN7O/c19-15(22)14-16(23)24-10-25-17(14)26-5-7-27(8-6-26)18(28)13(21)9-11-1-3-12(20)4-2-11/h1-4,10,13,22H,5-9,21H2,(H2,23,24,25)/t13-/m1/s1. The molecular weight excluding hydrogens is 446 g/mol. The number of benzene rings is 1. The highest BCUT2D eigenvalue weighted by molar-refractivity contribution is 9.18. The zero-order chi connectivity index (χ0) is 20.3. The van der Waals surface area contributed by atoms with Crippen molar-refractivity contribution in [2.24, 2.45) is 5.73 Å². The molecule has 0 unspecified atom stereocenters. The van der Waals surface area contributed by atoms with Gasteiger partial charge in [0.15, 0.2) is 0 Å². The predicted octanol–water partition coefficient (Wildman–Crippen LogP) is 1.65. The maximum absolute atomic E-state index is 12.7. The van der Waals surface area contributed by atoms with Crippen molar-refractivity contribution < 1.29 is 4.79 Å². The molecule has 0 spiro atoms. The van der Waals surface area contributed by atoms with Crippen LogP contribution in [0.25, 0.3) is 0 Å². The molecular formula is C18H21BrClN7O. The van der Waals surface area contributed by atoms with Crippen LogP contribution in [0.15, 0.2) is 30.6 Å². The zero-order valence-electron chi connectivity index (χ0n) is 15.1. The predicted molar refractivity (Wildman–Crippen MR) is 114 cm³/mol. The minimum atomic E-state index is -0.603. The molecule has 1 saturated heterocycles. The molecule has 10 heteroatoms. The van der Waals surface area contributed by atoms with E-state index in [0.29, 0.717) is 49.0 Å². The zero-order valence-corrected chi connectivity index (χ0v) is 17.4. The van der Waals surface area contributed by atoms with Gasteiger partial charge in [-0.15, -0.1) is 0 Å². The molecule has 1 aliphatic rings. The van der Waals surface area contributed by atoms with Gasteiger partial charge in [-0.1, -0.05) is 23.7 Å². The van der Waals surface area contributed by atoms with Gasteiger partial charge in [-0.3, -0.25) is 10.2 Å². The molecule has 0 saturated carbocycles. The van der Waals surface area contributed by atoms with Crippen molar-refractivity contribution in [2.75, 3.05) is 36.8 Å². The molecule has 1 atom stereocenters. The summed E-state index contributed by atoms with van der Waals surface area (Å²) < 4.78 is 0.129. The smallest absolute Gasteiger partial charge is 0.239 e. The monoisotopic (exact) mass is 465 g/mol. The van der Waals surface area contributed by atoms with Crippen LogP contribution in [0, 0.1) is 5.41 Å². The Labute approximate surface area is 176 Å². The summed E-state index contributed by atoms with van der Waals surface area (Å²) in [4.78, 5) is 24.7. The fourth-order valence-corrected chi connectivity index (χ4v) is 3.68. The van der Waals surface area contributed by atoms with Crippen LogP contribution in [0.5, 0.6) is 0 Å². The molecule has 1 fully saturated rings. The fraction of sp³-hybridized carbons (Fsp3) is 0.333. The van der Waals surface area contributed by atoms with Gasteiger partial charge in [-0.2, -0.15) is 0 Å². The molecule has 3 rings (SSSR count). The van der Waals surface area contributed by atoms with Crippen molar-refractivity contribution >= 4 is 49.7 Å². The number of nitrogens with two attached hydrogens (primary N) is 2. The highest BCUT2D eigenvalue weighted by atomic mass is 79.9. The van der Waals surface area contributed by atoms with E-state index in [2.05, 4.69) is 25.9 Å². The Balaban J connectivity index is 1.62. The summed E-state index contributed by atoms with van der Waals surface area (Å²) in [5, 5.41) is 8.51. The number of nitrogens with one attached hydrogen (secondary N) is 1. The Morgan fingerprint density at radius 3 is 2.46 bits per heavy atom. The molecule has 148 valence electrons. The molecule has 2 aromatic rings. The Kier molecular flexibility index (Phi) is 6.48. The number of nitrogen functional groups attached to an aromatic ring is 1. The lowest BCUT2D eigenvalue weighted by molar-refractivity contribution is -0.132. The number of carbonyl (C=O) groups excluding carboxylic acids is 1. The third-order valence-corrected chi connectivity index (χ3v) is 5.30. The van der Waals surface area contributed by atoms with Gasteiger partial charge in [0.1, 0.15) is 22.6 Å². The second-order valence-electron chi connectivity index (χ2n) is 6.52. The van der Waals surface area contributed by atoms with E-state index in [4.69, 9.17) is 28.5 Å². The largest absolute Gasteiger partial charge is 0.383 e. The van der Waals surface area contributed by atoms with E-state index < -0.39 is 6.04 Å². The molecule has 1 aromatic carbocycles. The Morgan fingerprint density at radius 2 is 1.86 bits per heavy atom. The summed E-state index contributed by atoms with van der Waals surface area (Å²) in [6, 6.07) is 6.74. The van der Waals surface area contributed by atoms with Crippen LogP contribution in [-0.2, 0) is 11.2 Å². The maximum atomic E-state index is 12.7. The molecule has 0 aliphatic carbocycles. The number of anilines is 2. The van der Waals surface area contributed by atoms with Crippen LogP contribution in [0.3, 0.4) is 0 Å². The van der Waals surface area contributed by atoms with E-state index in [9.17, 15) is 4.79 Å². The lowest BCUT2D eigenvalue weighted by atomic mass is 10.1. The first-order valence-electron chi connectivity index (χ1n) is 8.75. The summed E-state index contributed by atoms with van der Waals surface area (Å²) >= 11 is 9.04. The first kappa shape index (κ1) is 20.5. The van der Waals surface area contributed by atoms with E-state index in [1.165, 1.54) is 6.33 Å². The number of hydrogen-bond donors (Lipinski definition) is 3. The van der Waals surface area contributed by atoms with Crippen LogP contribution in [0.2, 0.25) is 5.02 Å². The van der Waals surface area contributed by atoms with Gasteiger partial charge >= 0.3 is 0 Å². The lowest BCUT2D eigenvalue weighted by Gasteiger charge is -2.37. The van der Waals surface area contributed by atoms with Crippen LogP contribution in [-0.4, -0.2) is 57.6 Å². The Morgan fingerprint density at radius 1 is 1.21 bits per heavy atom. The van der Waals surface area contributed by atoms with Gasteiger partial charge in [0.2, 0.25) is 5.91 Å². The maximum Gasteiger partial charge on any atom is 0.239 e. The molecule has 0 bridgehead atoms. The van der Waals surface area contributed by atoms with Crippen molar-refractivity contribution in [1.82, 2.24) is 14.9 Å². The summed E-state index contributed by atoms with van der Waals surface area (Å²) in [5.74, 6) is 0.757. The summed E-state index contributed by atoms with van der Waals surface area (Å²) in [6.45, 7) is 2.19. The first-order valence-corrected chi connectivity index (χ1v) is 9.92. The number of halogens is 2. The van der Waals surface area contributed by atoms with E-state index in [0.717, 1.165) is 5.56 Å². The number of piperazine rings is 1. The summed E-state index contributed by atoms with van der Waals surface area (Å²) in [6.07, 6.45) is 1.84. The molecule has 5 N–H and O–H groups in total. The van der Waals surface area contributed by atoms with Crippen molar-refractivity contribution in [3.63, 3.8) is 0 Å². The second kappa shape index (κ2) is 8.85. The van der Waals surface area contributed by atoms with E-state index >= 15 is 0 Å². The average molecular weight is 467 g/mol. The summed E-state index contributed by atoms with van der Waals surface area (Å²) in [5.41, 5.74) is 13.5. The second-order valence-corrected chi connectivity index (χ2v) is 7.75. The number of carbonyl (C=O) groups is 1. The van der Waals surface area contributed by atoms with Crippen molar-refractivity contribution in [3.05, 3.63) is 46.7 Å². The molecule has 28 heavy (non-hydrogen) atoms. The molecule has 1 aliphatic heterocycles. The van der Waals surface area contributed by atoms with Crippen LogP contribution < -0.4 is 16.4 Å². The Hall–Kier alpha value is -2.23. The van der Waals surface area contributed by atoms with Gasteiger partial charge in [0, 0.05) is 31.2 Å². The highest BCUT2D eigenvalue weighted by Gasteiger charge is 2.27. The fourth-order valence-electron chi connectivity index (χ4n) is 3.17. The van der Waals surface area contributed by atoms with Gasteiger partial charge in [-0.25, -0.2) is 9.97 Å². The third-order valence-electron chi connectivity index (χ3n) is 4.65.